The minimum atomic E-state index is -0.216. The summed E-state index contributed by atoms with van der Waals surface area (Å²) >= 11 is 0. The van der Waals surface area contributed by atoms with Crippen LogP contribution in [0, 0.1) is 6.92 Å². The number of hydrogen-bond acceptors (Lipinski definition) is 3. The Morgan fingerprint density at radius 1 is 1.17 bits per heavy atom. The number of hydrogen-bond donors (Lipinski definition) is 2. The Labute approximate surface area is 181 Å². The van der Waals surface area contributed by atoms with Gasteiger partial charge in [-0.25, -0.2) is 0 Å². The van der Waals surface area contributed by atoms with Crippen LogP contribution in [-0.2, 0) is 6.42 Å². The van der Waals surface area contributed by atoms with E-state index in [2.05, 4.69) is 30.2 Å². The summed E-state index contributed by atoms with van der Waals surface area (Å²) in [5, 5.41) is 15.5. The number of carbonyl (C=O) groups excluding carboxylic acids is 1. The van der Waals surface area contributed by atoms with Gasteiger partial charge in [0.15, 0.2) is 0 Å². The molecule has 0 aliphatic rings. The van der Waals surface area contributed by atoms with Gasteiger partial charge in [0, 0.05) is 23.2 Å². The smallest absolute Gasteiger partial charge is 0.255 e. The number of nitrogens with zero attached hydrogens (tertiary/aromatic N) is 1. The molecule has 1 atom stereocenters. The number of phenols is 1. The van der Waals surface area contributed by atoms with Crippen molar-refractivity contribution in [3.63, 3.8) is 0 Å². The molecule has 2 aromatic rings. The van der Waals surface area contributed by atoms with Gasteiger partial charge in [0.25, 0.3) is 5.91 Å². The summed E-state index contributed by atoms with van der Waals surface area (Å²) in [7, 11) is 0. The van der Waals surface area contributed by atoms with Crippen molar-refractivity contribution in [2.45, 2.75) is 80.2 Å². The van der Waals surface area contributed by atoms with Gasteiger partial charge in [0.2, 0.25) is 0 Å². The molecule has 0 saturated heterocycles. The van der Waals surface area contributed by atoms with Crippen molar-refractivity contribution in [2.24, 2.45) is 0 Å². The van der Waals surface area contributed by atoms with Crippen molar-refractivity contribution < 1.29 is 9.90 Å². The number of aromatic hydroxyl groups is 1. The van der Waals surface area contributed by atoms with Crippen molar-refractivity contribution in [2.75, 3.05) is 0 Å². The molecular formula is C26H38N2O2. The van der Waals surface area contributed by atoms with Gasteiger partial charge >= 0.3 is 0 Å². The molecule has 0 aliphatic heterocycles. The number of phenolic OH excluding ortho intramolecular Hbond substituents is 1. The predicted octanol–water partition coefficient (Wildman–Crippen LogP) is 4.62. The van der Waals surface area contributed by atoms with E-state index in [1.54, 1.807) is 0 Å². The van der Waals surface area contributed by atoms with Gasteiger partial charge in [-0.2, -0.15) is 0 Å². The number of aromatic nitrogens is 1. The van der Waals surface area contributed by atoms with Crippen LogP contribution in [0.15, 0.2) is 24.4 Å². The molecule has 1 amide bonds. The van der Waals surface area contributed by atoms with Crippen molar-refractivity contribution in [3.05, 3.63) is 57.2 Å². The fourth-order valence-electron chi connectivity index (χ4n) is 3.53. The molecule has 0 saturated carbocycles. The van der Waals surface area contributed by atoms with Gasteiger partial charge in [-0.05, 0) is 68.5 Å². The molecule has 0 bridgehead atoms. The zero-order chi connectivity index (χ0) is 22.7. The fraction of sp³-hybridized carbons (Fsp3) is 0.462. The first-order valence-electron chi connectivity index (χ1n) is 11.1. The predicted molar refractivity (Wildman–Crippen MR) is 127 cm³/mol. The summed E-state index contributed by atoms with van der Waals surface area (Å²) in [4.78, 5) is 17.3. The highest BCUT2D eigenvalue weighted by molar-refractivity contribution is 5.97. The summed E-state index contributed by atoms with van der Waals surface area (Å²) in [5.41, 5.74) is 3.39. The van der Waals surface area contributed by atoms with Gasteiger partial charge in [0.1, 0.15) is 5.75 Å². The molecule has 4 nitrogen and oxygen atoms in total. The van der Waals surface area contributed by atoms with E-state index >= 15 is 0 Å². The van der Waals surface area contributed by atoms with Crippen LogP contribution in [-0.4, -0.2) is 22.0 Å². The SMILES string of the molecule is C/C=c1/c(Cc2ccc(C)nc2)cc(C(=O)NC(CC)CCC)c(O)/c1=C/C.CC. The van der Waals surface area contributed by atoms with Crippen LogP contribution >= 0.6 is 0 Å². The average Bonchev–Trinajstić information content (AvgIpc) is 2.76. The summed E-state index contributed by atoms with van der Waals surface area (Å²) in [6.45, 7) is 14.0. The first kappa shape index (κ1) is 25.4. The third-order valence-electron chi connectivity index (χ3n) is 5.12. The van der Waals surface area contributed by atoms with Crippen molar-refractivity contribution in [1.82, 2.24) is 10.3 Å². The van der Waals surface area contributed by atoms with Gasteiger partial charge < -0.3 is 10.4 Å². The Balaban J connectivity index is 0.00000218. The first-order valence-corrected chi connectivity index (χ1v) is 11.1. The molecule has 0 radical (unpaired) electrons. The standard InChI is InChI=1S/C24H32N2O2.C2H6/c1-6-10-19(7-2)26-24(28)22-14-18(13-17-12-11-16(5)25-15-17)20(8-3)21(9-4)23(22)27;1-2/h8-9,11-12,14-15,19,27H,6-7,10,13H2,1-5H3,(H,26,28);1-2H3/b20-8-,21-9+;. The molecule has 4 heteroatoms. The third kappa shape index (κ3) is 6.45. The monoisotopic (exact) mass is 410 g/mol. The minimum Gasteiger partial charge on any atom is -0.506 e. The summed E-state index contributed by atoms with van der Waals surface area (Å²) in [6, 6.07) is 5.99. The molecule has 1 unspecified atom stereocenters. The number of pyridine rings is 1. The maximum Gasteiger partial charge on any atom is 0.255 e. The number of rotatable bonds is 7. The second kappa shape index (κ2) is 12.8. The number of carbonyl (C=O) groups is 1. The minimum absolute atomic E-state index is 0.0465. The van der Waals surface area contributed by atoms with Crippen molar-refractivity contribution >= 4 is 18.1 Å². The molecule has 1 heterocycles. The summed E-state index contributed by atoms with van der Waals surface area (Å²) in [5.74, 6) is -0.169. The van der Waals surface area contributed by atoms with Gasteiger partial charge in [-0.15, -0.1) is 0 Å². The van der Waals surface area contributed by atoms with E-state index in [4.69, 9.17) is 0 Å². The molecule has 2 rings (SSSR count). The Bertz CT molecular complexity index is 931. The quantitative estimate of drug-likeness (QED) is 0.700. The maximum absolute atomic E-state index is 12.9. The van der Waals surface area contributed by atoms with Crippen molar-refractivity contribution in [3.8, 4) is 5.75 Å². The Hall–Kier alpha value is -2.62. The summed E-state index contributed by atoms with van der Waals surface area (Å²) in [6.07, 6.45) is 9.18. The third-order valence-corrected chi connectivity index (χ3v) is 5.12. The van der Waals surface area contributed by atoms with Gasteiger partial charge in [-0.3, -0.25) is 9.78 Å². The molecule has 0 aliphatic carbocycles. The van der Waals surface area contributed by atoms with E-state index in [9.17, 15) is 9.90 Å². The second-order valence-electron chi connectivity index (χ2n) is 7.19. The average molecular weight is 411 g/mol. The van der Waals surface area contributed by atoms with Gasteiger partial charge in [-0.1, -0.05) is 52.3 Å². The lowest BCUT2D eigenvalue weighted by Gasteiger charge is -2.17. The highest BCUT2D eigenvalue weighted by atomic mass is 16.3. The molecule has 0 spiro atoms. The highest BCUT2D eigenvalue weighted by Crippen LogP contribution is 2.15. The first-order chi connectivity index (χ1) is 14.4. The lowest BCUT2D eigenvalue weighted by molar-refractivity contribution is 0.0930. The Kier molecular flexibility index (Phi) is 10.9. The molecular weight excluding hydrogens is 372 g/mol. The molecule has 164 valence electrons. The van der Waals surface area contributed by atoms with Crippen LogP contribution in [0.4, 0.5) is 0 Å². The molecule has 1 aromatic carbocycles. The van der Waals surface area contributed by atoms with E-state index in [0.29, 0.717) is 17.2 Å². The summed E-state index contributed by atoms with van der Waals surface area (Å²) < 4.78 is 0. The van der Waals surface area contributed by atoms with Crippen LogP contribution < -0.4 is 15.8 Å². The Morgan fingerprint density at radius 2 is 1.83 bits per heavy atom. The zero-order valence-corrected chi connectivity index (χ0v) is 19.7. The molecule has 0 fully saturated rings. The van der Waals surface area contributed by atoms with E-state index < -0.39 is 0 Å². The van der Waals surface area contributed by atoms with Crippen molar-refractivity contribution in [1.29, 1.82) is 0 Å². The van der Waals surface area contributed by atoms with Crippen LogP contribution in [0.3, 0.4) is 0 Å². The van der Waals surface area contributed by atoms with Crippen LogP contribution in [0.25, 0.3) is 12.2 Å². The number of aryl methyl sites for hydroxylation is 1. The molecule has 1 aromatic heterocycles. The number of amides is 1. The van der Waals surface area contributed by atoms with E-state index in [-0.39, 0.29) is 17.7 Å². The molecule has 2 N–H and O–H groups in total. The van der Waals surface area contributed by atoms with E-state index in [0.717, 1.165) is 41.3 Å². The lowest BCUT2D eigenvalue weighted by Crippen LogP contribution is -2.37. The van der Waals surface area contributed by atoms with Crippen LogP contribution in [0.1, 0.15) is 88.0 Å². The zero-order valence-electron chi connectivity index (χ0n) is 19.7. The highest BCUT2D eigenvalue weighted by Gasteiger charge is 2.18. The number of nitrogens with one attached hydrogen (secondary N) is 1. The maximum atomic E-state index is 12.9. The normalized spacial score (nSPS) is 12.9. The second-order valence-corrected chi connectivity index (χ2v) is 7.19. The largest absolute Gasteiger partial charge is 0.506 e. The number of benzene rings is 1. The van der Waals surface area contributed by atoms with Gasteiger partial charge in [0.05, 0.1) is 5.56 Å². The van der Waals surface area contributed by atoms with Crippen LogP contribution in [0.2, 0.25) is 0 Å². The van der Waals surface area contributed by atoms with E-state index in [1.807, 2.05) is 65.1 Å². The lowest BCUT2D eigenvalue weighted by atomic mass is 9.97. The topological polar surface area (TPSA) is 62.2 Å². The van der Waals surface area contributed by atoms with Crippen LogP contribution in [0.5, 0.6) is 5.75 Å². The van der Waals surface area contributed by atoms with E-state index in [1.165, 1.54) is 0 Å². The molecule has 30 heavy (non-hydrogen) atoms. The Morgan fingerprint density at radius 3 is 2.33 bits per heavy atom. The fourth-order valence-corrected chi connectivity index (χ4v) is 3.53.